The molecule has 2 aromatic rings. The van der Waals surface area contributed by atoms with Gasteiger partial charge in [-0.3, -0.25) is 4.79 Å². The summed E-state index contributed by atoms with van der Waals surface area (Å²) in [6.07, 6.45) is 7.33. The topological polar surface area (TPSA) is 102 Å². The van der Waals surface area contributed by atoms with E-state index in [1.165, 1.54) is 5.57 Å². The van der Waals surface area contributed by atoms with Crippen LogP contribution in [0.1, 0.15) is 73.0 Å². The summed E-state index contributed by atoms with van der Waals surface area (Å²) in [6.45, 7) is 13.8. The molecule has 0 radical (unpaired) electrons. The van der Waals surface area contributed by atoms with Crippen molar-refractivity contribution in [3.63, 3.8) is 0 Å². The average Bonchev–Trinajstić information content (AvgIpc) is 3.29. The molecule has 9 heteroatoms. The Morgan fingerprint density at radius 2 is 2.00 bits per heavy atom. The average molecular weight is 570 g/mol. The van der Waals surface area contributed by atoms with E-state index in [1.54, 1.807) is 17.7 Å². The lowest BCUT2D eigenvalue weighted by Crippen LogP contribution is -2.22. The van der Waals surface area contributed by atoms with Gasteiger partial charge in [0.2, 0.25) is 5.78 Å². The van der Waals surface area contributed by atoms with Crippen LogP contribution in [0.5, 0.6) is 0 Å². The second-order valence-corrected chi connectivity index (χ2v) is 20.6. The second-order valence-electron chi connectivity index (χ2n) is 12.6. The molecule has 0 unspecified atom stereocenters. The number of allylic oxidation sites excluding steroid dienone is 2. The Morgan fingerprint density at radius 1 is 1.26 bits per heavy atom. The molecule has 1 heterocycles. The lowest BCUT2D eigenvalue weighted by molar-refractivity contribution is 0.0799. The molecule has 7 nitrogen and oxygen atoms in total. The number of Topliss-reactive ketones (excluding diaryl/α,β-unsaturated/α-hetero) is 1. The summed E-state index contributed by atoms with van der Waals surface area (Å²) in [5.74, 6) is 0.289. The quantitative estimate of drug-likeness (QED) is 0.165. The zero-order valence-electron chi connectivity index (χ0n) is 24.3. The van der Waals surface area contributed by atoms with Crippen molar-refractivity contribution < 1.29 is 17.9 Å². The molecule has 0 fully saturated rings. The zero-order valence-corrected chi connectivity index (χ0v) is 26.2. The fraction of sp³-hybridized carbons (Fsp3) is 0.567. The van der Waals surface area contributed by atoms with Crippen LogP contribution in [0.2, 0.25) is 25.7 Å². The Hall–Kier alpha value is -2.54. The van der Waals surface area contributed by atoms with Crippen molar-refractivity contribution in [3.8, 4) is 6.07 Å². The maximum absolute atomic E-state index is 13.5. The van der Waals surface area contributed by atoms with E-state index in [1.807, 2.05) is 18.2 Å². The Kier molecular flexibility index (Phi) is 10.1. The van der Waals surface area contributed by atoms with E-state index in [-0.39, 0.29) is 47.4 Å². The first-order valence-electron chi connectivity index (χ1n) is 13.8. The lowest BCUT2D eigenvalue weighted by Gasteiger charge is -2.29. The van der Waals surface area contributed by atoms with Gasteiger partial charge in [-0.15, -0.1) is 0 Å². The number of carbonyl (C=O) groups is 1. The minimum atomic E-state index is -3.07. The molecule has 0 N–H and O–H groups in total. The number of hydrogen-bond donors (Lipinski definition) is 0. The minimum Gasteiger partial charge on any atom is -0.361 e. The highest BCUT2D eigenvalue weighted by Crippen LogP contribution is 2.39. The molecule has 0 saturated carbocycles. The molecule has 0 aliphatic heterocycles. The third kappa shape index (κ3) is 9.26. The van der Waals surface area contributed by atoms with Crippen LogP contribution in [0.15, 0.2) is 30.5 Å². The van der Waals surface area contributed by atoms with Gasteiger partial charge in [0.25, 0.3) is 0 Å². The molecule has 0 atom stereocenters. The number of carbonyl (C=O) groups excluding carboxylic acids is 1. The standard InChI is InChI=1S/C30H43N3O4SSi/c1-7-38(35,36)16-12-23-8-9-25(27(18-23)24-10-13-30(2,3)14-11-24)19-28(34)29-32-26(20-31)21-33(29)22-37-15-17-39(4,5)6/h8-10,18,21H,7,11-17,19,22H2,1-6H3. The third-order valence-corrected chi connectivity index (χ3v) is 10.8. The van der Waals surface area contributed by atoms with Crippen molar-refractivity contribution in [1.82, 2.24) is 9.55 Å². The normalized spacial score (nSPS) is 15.6. The number of nitriles is 1. The minimum absolute atomic E-state index is 0.110. The van der Waals surface area contributed by atoms with Gasteiger partial charge in [0.15, 0.2) is 11.5 Å². The highest BCUT2D eigenvalue weighted by atomic mass is 32.2. The molecule has 0 bridgehead atoms. The number of rotatable bonds is 13. The molecule has 0 amide bonds. The van der Waals surface area contributed by atoms with Gasteiger partial charge in [0.1, 0.15) is 22.6 Å². The molecule has 0 spiro atoms. The summed E-state index contributed by atoms with van der Waals surface area (Å²) in [4.78, 5) is 17.8. The Balaban J connectivity index is 1.87. The molecular formula is C30H43N3O4SSi. The fourth-order valence-electron chi connectivity index (χ4n) is 4.56. The maximum Gasteiger partial charge on any atom is 0.202 e. The molecule has 1 aromatic carbocycles. The van der Waals surface area contributed by atoms with E-state index >= 15 is 0 Å². The van der Waals surface area contributed by atoms with Crippen molar-refractivity contribution in [1.29, 1.82) is 5.26 Å². The van der Waals surface area contributed by atoms with Crippen LogP contribution in [0, 0.1) is 16.7 Å². The van der Waals surface area contributed by atoms with E-state index in [9.17, 15) is 18.5 Å². The first-order valence-corrected chi connectivity index (χ1v) is 19.3. The molecule has 212 valence electrons. The molecule has 1 aliphatic rings. The van der Waals surface area contributed by atoms with Crippen LogP contribution in [-0.4, -0.2) is 49.9 Å². The van der Waals surface area contributed by atoms with Crippen molar-refractivity contribution in [2.45, 2.75) is 85.3 Å². The fourth-order valence-corrected chi connectivity index (χ4v) is 6.15. The lowest BCUT2D eigenvalue weighted by atomic mass is 9.76. The van der Waals surface area contributed by atoms with Crippen molar-refractivity contribution in [2.24, 2.45) is 5.41 Å². The maximum atomic E-state index is 13.5. The predicted molar refractivity (Wildman–Crippen MR) is 159 cm³/mol. The van der Waals surface area contributed by atoms with Gasteiger partial charge in [-0.05, 0) is 59.4 Å². The number of sulfone groups is 1. The van der Waals surface area contributed by atoms with Gasteiger partial charge in [-0.25, -0.2) is 13.4 Å². The number of benzene rings is 1. The van der Waals surface area contributed by atoms with Crippen LogP contribution >= 0.6 is 0 Å². The van der Waals surface area contributed by atoms with Gasteiger partial charge < -0.3 is 9.30 Å². The van der Waals surface area contributed by atoms with E-state index in [0.717, 1.165) is 42.0 Å². The number of aromatic nitrogens is 2. The first kappa shape index (κ1) is 31.0. The molecular weight excluding hydrogens is 527 g/mol. The monoisotopic (exact) mass is 569 g/mol. The van der Waals surface area contributed by atoms with E-state index in [4.69, 9.17) is 4.74 Å². The van der Waals surface area contributed by atoms with Gasteiger partial charge in [-0.1, -0.05) is 64.7 Å². The summed E-state index contributed by atoms with van der Waals surface area (Å²) < 4.78 is 31.7. The van der Waals surface area contributed by atoms with Crippen LogP contribution in [-0.2, 0) is 34.1 Å². The van der Waals surface area contributed by atoms with E-state index in [2.05, 4.69) is 50.6 Å². The Labute approximate surface area is 235 Å². The number of aryl methyl sites for hydroxylation is 1. The largest absolute Gasteiger partial charge is 0.361 e. The third-order valence-electron chi connectivity index (χ3n) is 7.35. The predicted octanol–water partition coefficient (Wildman–Crippen LogP) is 6.06. The molecule has 39 heavy (non-hydrogen) atoms. The van der Waals surface area contributed by atoms with Crippen molar-refractivity contribution in [3.05, 3.63) is 58.7 Å². The van der Waals surface area contributed by atoms with Gasteiger partial charge in [-0.2, -0.15) is 5.26 Å². The van der Waals surface area contributed by atoms with Crippen molar-refractivity contribution >= 4 is 29.3 Å². The second kappa shape index (κ2) is 12.8. The highest BCUT2D eigenvalue weighted by molar-refractivity contribution is 7.91. The molecule has 0 saturated heterocycles. The van der Waals surface area contributed by atoms with Crippen LogP contribution in [0.25, 0.3) is 5.57 Å². The SMILES string of the molecule is CCS(=O)(=O)CCc1ccc(CC(=O)c2nc(C#N)cn2COCC[Si](C)(C)C)c(C2=CCC(C)(C)CC2)c1. The Bertz CT molecular complexity index is 1360. The molecule has 1 aliphatic carbocycles. The number of ether oxygens (including phenoxy) is 1. The van der Waals surface area contributed by atoms with E-state index < -0.39 is 17.9 Å². The van der Waals surface area contributed by atoms with Gasteiger partial charge >= 0.3 is 0 Å². The van der Waals surface area contributed by atoms with Crippen LogP contribution in [0.3, 0.4) is 0 Å². The highest BCUT2D eigenvalue weighted by Gasteiger charge is 2.25. The van der Waals surface area contributed by atoms with E-state index in [0.29, 0.717) is 13.0 Å². The number of nitrogens with zero attached hydrogens (tertiary/aromatic N) is 3. The van der Waals surface area contributed by atoms with Crippen molar-refractivity contribution in [2.75, 3.05) is 18.1 Å². The summed E-state index contributed by atoms with van der Waals surface area (Å²) in [5.41, 5.74) is 4.48. The zero-order chi connectivity index (χ0) is 28.8. The summed E-state index contributed by atoms with van der Waals surface area (Å²) >= 11 is 0. The number of imidazole rings is 1. The first-order chi connectivity index (χ1) is 18.2. The van der Waals surface area contributed by atoms with Crippen LogP contribution in [0.4, 0.5) is 0 Å². The number of hydrogen-bond acceptors (Lipinski definition) is 6. The molecule has 3 rings (SSSR count). The molecule has 1 aromatic heterocycles. The Morgan fingerprint density at radius 3 is 2.62 bits per heavy atom. The van der Waals surface area contributed by atoms with Crippen LogP contribution < -0.4 is 0 Å². The summed E-state index contributed by atoms with van der Waals surface area (Å²) in [5, 5.41) is 9.42. The summed E-state index contributed by atoms with van der Waals surface area (Å²) in [6, 6.07) is 8.99. The summed E-state index contributed by atoms with van der Waals surface area (Å²) in [7, 11) is -4.32. The van der Waals surface area contributed by atoms with Gasteiger partial charge in [0.05, 0.1) is 5.75 Å². The smallest absolute Gasteiger partial charge is 0.202 e. The number of ketones is 1. The van der Waals surface area contributed by atoms with Gasteiger partial charge in [0, 0.05) is 33.1 Å².